The summed E-state index contributed by atoms with van der Waals surface area (Å²) in [5.41, 5.74) is 11.3. The minimum atomic E-state index is -0.619. The highest BCUT2D eigenvalue weighted by atomic mass is 16.5. The molecule has 4 aromatic rings. The number of anilines is 1. The molecule has 0 unspecified atom stereocenters. The second-order valence-electron chi connectivity index (χ2n) is 6.73. The normalized spacial score (nSPS) is 10.8. The average molecular weight is 386 g/mol. The summed E-state index contributed by atoms with van der Waals surface area (Å²) in [7, 11) is 1.27. The standard InChI is InChI=1S/C21H18N6O2/c1-12-4-6-15(7-5-12)27-24-16-8-13(2)18(9-17(16)25-27)26-11-14(10-22)19(23)20(26)21(28)29-3/h4-9,11H,23H2,1-3H3. The van der Waals surface area contributed by atoms with Crippen LogP contribution in [0.25, 0.3) is 22.4 Å². The predicted molar refractivity (Wildman–Crippen MR) is 108 cm³/mol. The Bertz CT molecular complexity index is 1290. The Labute approximate surface area is 166 Å². The smallest absolute Gasteiger partial charge is 0.357 e. The predicted octanol–water partition coefficient (Wildman–Crippen LogP) is 3.07. The van der Waals surface area contributed by atoms with Gasteiger partial charge in [-0.25, -0.2) is 4.79 Å². The topological polar surface area (TPSA) is 112 Å². The van der Waals surface area contributed by atoms with Gasteiger partial charge in [-0.3, -0.25) is 0 Å². The lowest BCUT2D eigenvalue weighted by atomic mass is 10.1. The Morgan fingerprint density at radius 3 is 2.41 bits per heavy atom. The summed E-state index contributed by atoms with van der Waals surface area (Å²) in [5.74, 6) is -0.619. The lowest BCUT2D eigenvalue weighted by molar-refractivity contribution is 0.0593. The maximum absolute atomic E-state index is 12.3. The number of carbonyl (C=O) groups is 1. The van der Waals surface area contributed by atoms with Gasteiger partial charge >= 0.3 is 5.97 Å². The van der Waals surface area contributed by atoms with E-state index in [0.717, 1.165) is 16.8 Å². The highest BCUT2D eigenvalue weighted by molar-refractivity contribution is 5.96. The number of benzene rings is 2. The summed E-state index contributed by atoms with van der Waals surface area (Å²) in [6, 6.07) is 13.6. The third kappa shape index (κ3) is 2.99. The fraction of sp³-hybridized carbons (Fsp3) is 0.143. The van der Waals surface area contributed by atoms with Gasteiger partial charge in [0.15, 0.2) is 5.69 Å². The zero-order valence-electron chi connectivity index (χ0n) is 16.2. The number of nitrogens with zero attached hydrogens (tertiary/aromatic N) is 5. The van der Waals surface area contributed by atoms with Crippen LogP contribution < -0.4 is 5.73 Å². The van der Waals surface area contributed by atoms with Crippen molar-refractivity contribution >= 4 is 22.7 Å². The van der Waals surface area contributed by atoms with E-state index in [2.05, 4.69) is 10.2 Å². The number of fused-ring (bicyclic) bond motifs is 1. The van der Waals surface area contributed by atoms with Crippen molar-refractivity contribution in [1.82, 2.24) is 19.6 Å². The van der Waals surface area contributed by atoms with Crippen molar-refractivity contribution in [1.29, 1.82) is 5.26 Å². The molecule has 8 heteroatoms. The van der Waals surface area contributed by atoms with Crippen molar-refractivity contribution < 1.29 is 9.53 Å². The number of aryl methyl sites for hydroxylation is 2. The van der Waals surface area contributed by atoms with Crippen LogP contribution >= 0.6 is 0 Å². The summed E-state index contributed by atoms with van der Waals surface area (Å²) in [6.07, 6.45) is 1.53. The molecule has 2 N–H and O–H groups in total. The number of nitrogens with two attached hydrogens (primary N) is 1. The third-order valence-electron chi connectivity index (χ3n) is 4.77. The third-order valence-corrected chi connectivity index (χ3v) is 4.77. The number of esters is 1. The van der Waals surface area contributed by atoms with Gasteiger partial charge in [-0.15, -0.1) is 10.2 Å². The van der Waals surface area contributed by atoms with Gasteiger partial charge in [-0.2, -0.15) is 10.1 Å². The van der Waals surface area contributed by atoms with Crippen LogP contribution in [-0.2, 0) is 4.74 Å². The molecule has 0 saturated carbocycles. The van der Waals surface area contributed by atoms with E-state index < -0.39 is 5.97 Å². The van der Waals surface area contributed by atoms with Crippen LogP contribution in [0, 0.1) is 25.2 Å². The van der Waals surface area contributed by atoms with E-state index in [1.807, 2.05) is 56.3 Å². The van der Waals surface area contributed by atoms with E-state index in [1.165, 1.54) is 13.3 Å². The molecule has 0 bridgehead atoms. The molecule has 4 rings (SSSR count). The van der Waals surface area contributed by atoms with Crippen LogP contribution in [0.5, 0.6) is 0 Å². The second-order valence-corrected chi connectivity index (χ2v) is 6.73. The van der Waals surface area contributed by atoms with Gasteiger partial charge in [0.25, 0.3) is 0 Å². The molecule has 2 aromatic heterocycles. The minimum absolute atomic E-state index is 0.0853. The Hall–Kier alpha value is -4.12. The molecule has 29 heavy (non-hydrogen) atoms. The number of aromatic nitrogens is 4. The first-order chi connectivity index (χ1) is 13.9. The number of nitriles is 1. The van der Waals surface area contributed by atoms with E-state index in [-0.39, 0.29) is 16.9 Å². The molecule has 0 spiro atoms. The number of nitrogen functional groups attached to an aromatic ring is 1. The fourth-order valence-electron chi connectivity index (χ4n) is 3.21. The molecule has 0 aliphatic rings. The van der Waals surface area contributed by atoms with Crippen LogP contribution in [0.3, 0.4) is 0 Å². The monoisotopic (exact) mass is 386 g/mol. The highest BCUT2D eigenvalue weighted by Gasteiger charge is 2.23. The Kier molecular flexibility index (Phi) is 4.28. The van der Waals surface area contributed by atoms with Gasteiger partial charge in [-0.05, 0) is 43.7 Å². The Morgan fingerprint density at radius 2 is 1.79 bits per heavy atom. The van der Waals surface area contributed by atoms with Crippen LogP contribution in [0.15, 0.2) is 42.6 Å². The lowest BCUT2D eigenvalue weighted by Gasteiger charge is -2.11. The van der Waals surface area contributed by atoms with E-state index in [9.17, 15) is 10.1 Å². The van der Waals surface area contributed by atoms with Crippen molar-refractivity contribution in [3.05, 3.63) is 65.0 Å². The first-order valence-corrected chi connectivity index (χ1v) is 8.87. The first-order valence-electron chi connectivity index (χ1n) is 8.87. The van der Waals surface area contributed by atoms with Crippen molar-refractivity contribution in [2.24, 2.45) is 0 Å². The number of rotatable bonds is 3. The number of hydrogen-bond acceptors (Lipinski definition) is 6. The van der Waals surface area contributed by atoms with E-state index in [1.54, 1.807) is 9.36 Å². The molecule has 2 aromatic carbocycles. The summed E-state index contributed by atoms with van der Waals surface area (Å²) < 4.78 is 6.42. The van der Waals surface area contributed by atoms with Crippen molar-refractivity contribution in [3.8, 4) is 17.4 Å². The second kappa shape index (κ2) is 6.80. The van der Waals surface area contributed by atoms with E-state index in [0.29, 0.717) is 16.7 Å². The zero-order chi connectivity index (χ0) is 20.7. The van der Waals surface area contributed by atoms with Gasteiger partial charge in [0.05, 0.1) is 29.7 Å². The van der Waals surface area contributed by atoms with Crippen molar-refractivity contribution in [2.45, 2.75) is 13.8 Å². The van der Waals surface area contributed by atoms with Gasteiger partial charge in [0.1, 0.15) is 17.1 Å². The Morgan fingerprint density at radius 1 is 1.14 bits per heavy atom. The maximum atomic E-state index is 12.3. The van der Waals surface area contributed by atoms with E-state index in [4.69, 9.17) is 10.5 Å². The molecule has 0 fully saturated rings. The first kappa shape index (κ1) is 18.3. The molecular weight excluding hydrogens is 368 g/mol. The SMILES string of the molecule is COC(=O)c1c(N)c(C#N)cn1-c1cc2nn(-c3ccc(C)cc3)nc2cc1C. The summed E-state index contributed by atoms with van der Waals surface area (Å²) in [5, 5.41) is 18.4. The molecule has 0 saturated heterocycles. The van der Waals surface area contributed by atoms with Crippen LogP contribution in [0.1, 0.15) is 27.2 Å². The number of ether oxygens (including phenoxy) is 1. The summed E-state index contributed by atoms with van der Waals surface area (Å²) in [4.78, 5) is 13.9. The number of hydrogen-bond donors (Lipinski definition) is 1. The molecule has 0 aliphatic carbocycles. The van der Waals surface area contributed by atoms with Gasteiger partial charge in [0.2, 0.25) is 0 Å². The van der Waals surface area contributed by atoms with Gasteiger partial charge < -0.3 is 15.0 Å². The molecule has 0 radical (unpaired) electrons. The minimum Gasteiger partial charge on any atom is -0.464 e. The van der Waals surface area contributed by atoms with E-state index >= 15 is 0 Å². The largest absolute Gasteiger partial charge is 0.464 e. The molecule has 2 heterocycles. The van der Waals surface area contributed by atoms with Crippen molar-refractivity contribution in [3.63, 3.8) is 0 Å². The molecule has 0 amide bonds. The molecule has 144 valence electrons. The lowest BCUT2D eigenvalue weighted by Crippen LogP contribution is -2.11. The number of methoxy groups -OCH3 is 1. The molecule has 0 atom stereocenters. The summed E-state index contributed by atoms with van der Waals surface area (Å²) in [6.45, 7) is 3.91. The average Bonchev–Trinajstić information content (AvgIpc) is 3.27. The molecular formula is C21H18N6O2. The maximum Gasteiger partial charge on any atom is 0.357 e. The van der Waals surface area contributed by atoms with Gasteiger partial charge in [0, 0.05) is 6.20 Å². The quantitative estimate of drug-likeness (QED) is 0.542. The number of carbonyl (C=O) groups excluding carboxylic acids is 1. The van der Waals surface area contributed by atoms with Crippen LogP contribution in [0.4, 0.5) is 5.69 Å². The highest BCUT2D eigenvalue weighted by Crippen LogP contribution is 2.28. The van der Waals surface area contributed by atoms with Crippen molar-refractivity contribution in [2.75, 3.05) is 12.8 Å². The fourth-order valence-corrected chi connectivity index (χ4v) is 3.21. The molecule has 0 aliphatic heterocycles. The van der Waals surface area contributed by atoms with Crippen LogP contribution in [0.2, 0.25) is 0 Å². The van der Waals surface area contributed by atoms with Crippen LogP contribution in [-0.4, -0.2) is 32.6 Å². The summed E-state index contributed by atoms with van der Waals surface area (Å²) >= 11 is 0. The molecule has 8 nitrogen and oxygen atoms in total. The Balaban J connectivity index is 1.90. The zero-order valence-corrected chi connectivity index (χ0v) is 16.2. The van der Waals surface area contributed by atoms with Gasteiger partial charge in [-0.1, -0.05) is 17.7 Å².